The summed E-state index contributed by atoms with van der Waals surface area (Å²) in [5.74, 6) is 1.02. The number of methoxy groups -OCH3 is 2. The highest BCUT2D eigenvalue weighted by molar-refractivity contribution is 6.08. The van der Waals surface area contributed by atoms with E-state index in [1.807, 2.05) is 58.5 Å². The maximum atomic E-state index is 13.4. The van der Waals surface area contributed by atoms with E-state index in [1.165, 1.54) is 13.3 Å². The minimum Gasteiger partial charge on any atom is -0.494 e. The van der Waals surface area contributed by atoms with E-state index in [2.05, 4.69) is 53.3 Å². The first-order chi connectivity index (χ1) is 20.8. The molecule has 1 amide bonds. The second-order valence-electron chi connectivity index (χ2n) is 10.4. The normalized spacial score (nSPS) is 11.0. The average Bonchev–Trinajstić information content (AvgIpc) is 3.36. The molecule has 11 nitrogen and oxygen atoms in total. The Labute approximate surface area is 251 Å². The van der Waals surface area contributed by atoms with E-state index in [4.69, 9.17) is 14.5 Å². The van der Waals surface area contributed by atoms with Gasteiger partial charge in [0.15, 0.2) is 0 Å². The highest BCUT2D eigenvalue weighted by Gasteiger charge is 2.20. The molecule has 2 N–H and O–H groups in total. The number of anilines is 4. The number of fused-ring (bicyclic) bond motifs is 1. The number of carbonyl (C=O) groups excluding carboxylic acids is 1. The van der Waals surface area contributed by atoms with Crippen molar-refractivity contribution in [3.8, 4) is 22.8 Å². The molecule has 0 spiro atoms. The van der Waals surface area contributed by atoms with Gasteiger partial charge < -0.3 is 34.5 Å². The van der Waals surface area contributed by atoms with Crippen molar-refractivity contribution in [1.29, 1.82) is 0 Å². The number of carbonyl (C=O) groups is 1. The van der Waals surface area contributed by atoms with Gasteiger partial charge in [0.25, 0.3) is 5.91 Å². The van der Waals surface area contributed by atoms with Crippen LogP contribution in [0.3, 0.4) is 0 Å². The number of amides is 1. The Morgan fingerprint density at radius 2 is 1.74 bits per heavy atom. The first-order valence-corrected chi connectivity index (χ1v) is 13.8. The molecule has 0 saturated carbocycles. The average molecular weight is 581 g/mol. The predicted octanol–water partition coefficient (Wildman–Crippen LogP) is 5.04. The van der Waals surface area contributed by atoms with Crippen LogP contribution >= 0.6 is 0 Å². The molecular formula is C32H36N8O3. The molecule has 0 aliphatic carbocycles. The highest BCUT2D eigenvalue weighted by atomic mass is 16.5. The van der Waals surface area contributed by atoms with Crippen molar-refractivity contribution in [2.45, 2.75) is 0 Å². The number of para-hydroxylation sites is 1. The molecule has 3 aromatic heterocycles. The van der Waals surface area contributed by atoms with Gasteiger partial charge in [-0.3, -0.25) is 9.78 Å². The van der Waals surface area contributed by atoms with E-state index in [1.54, 1.807) is 25.6 Å². The van der Waals surface area contributed by atoms with Gasteiger partial charge in [-0.15, -0.1) is 0 Å². The summed E-state index contributed by atoms with van der Waals surface area (Å²) in [4.78, 5) is 31.0. The number of likely N-dealkylation sites (N-methyl/N-ethyl adjacent to an activating group) is 2. The van der Waals surface area contributed by atoms with Crippen LogP contribution in [0.5, 0.6) is 11.5 Å². The lowest BCUT2D eigenvalue weighted by Gasteiger charge is -2.26. The fraction of sp³-hybridized carbons (Fsp3) is 0.250. The third kappa shape index (κ3) is 6.36. The number of nitrogens with one attached hydrogen (secondary N) is 2. The van der Waals surface area contributed by atoms with Crippen molar-refractivity contribution in [2.24, 2.45) is 7.05 Å². The lowest BCUT2D eigenvalue weighted by Crippen LogP contribution is -2.29. The number of aryl methyl sites for hydroxylation is 1. The lowest BCUT2D eigenvalue weighted by molar-refractivity contribution is 0.102. The summed E-state index contributed by atoms with van der Waals surface area (Å²) < 4.78 is 13.2. The van der Waals surface area contributed by atoms with Gasteiger partial charge in [0.1, 0.15) is 11.5 Å². The Morgan fingerprint density at radius 1 is 0.953 bits per heavy atom. The zero-order valence-corrected chi connectivity index (χ0v) is 25.3. The Bertz CT molecular complexity index is 1750. The molecule has 0 bridgehead atoms. The largest absolute Gasteiger partial charge is 0.494 e. The third-order valence-corrected chi connectivity index (χ3v) is 7.18. The van der Waals surface area contributed by atoms with E-state index in [0.717, 1.165) is 40.9 Å². The van der Waals surface area contributed by atoms with Gasteiger partial charge in [0.05, 0.1) is 48.7 Å². The SMILES string of the molecule is COc1cc(N(C)CCN(C)C)c(NC(=O)c2ccncc2OC)cc1Nc1nccc(-c2cn(C)c3ccccc23)n1. The van der Waals surface area contributed by atoms with Gasteiger partial charge >= 0.3 is 0 Å². The molecule has 3 heterocycles. The van der Waals surface area contributed by atoms with Crippen molar-refractivity contribution < 1.29 is 14.3 Å². The molecule has 5 aromatic rings. The maximum absolute atomic E-state index is 13.4. The summed E-state index contributed by atoms with van der Waals surface area (Å²) in [6, 6.07) is 15.4. The quantitative estimate of drug-likeness (QED) is 0.222. The first kappa shape index (κ1) is 29.3. The zero-order valence-electron chi connectivity index (χ0n) is 25.3. The molecule has 11 heteroatoms. The van der Waals surface area contributed by atoms with Crippen LogP contribution in [0.4, 0.5) is 23.0 Å². The van der Waals surface area contributed by atoms with Crippen molar-refractivity contribution in [3.63, 3.8) is 0 Å². The molecule has 0 fully saturated rings. The Kier molecular flexibility index (Phi) is 8.72. The number of benzene rings is 2. The van der Waals surface area contributed by atoms with Gasteiger partial charge in [-0.2, -0.15) is 0 Å². The first-order valence-electron chi connectivity index (χ1n) is 13.8. The van der Waals surface area contributed by atoms with Crippen LogP contribution in [-0.4, -0.2) is 78.8 Å². The number of nitrogens with zero attached hydrogens (tertiary/aromatic N) is 6. The summed E-state index contributed by atoms with van der Waals surface area (Å²) in [5.41, 5.74) is 5.25. The van der Waals surface area contributed by atoms with Gasteiger partial charge in [0, 0.05) is 68.3 Å². The molecular weight excluding hydrogens is 544 g/mol. The van der Waals surface area contributed by atoms with Crippen molar-refractivity contribution in [1.82, 2.24) is 24.4 Å². The van der Waals surface area contributed by atoms with Crippen LogP contribution in [0, 0.1) is 0 Å². The van der Waals surface area contributed by atoms with E-state index >= 15 is 0 Å². The number of hydrogen-bond acceptors (Lipinski definition) is 9. The molecule has 5 rings (SSSR count). The van der Waals surface area contributed by atoms with Gasteiger partial charge in [-0.25, -0.2) is 9.97 Å². The van der Waals surface area contributed by atoms with E-state index in [-0.39, 0.29) is 5.91 Å². The van der Waals surface area contributed by atoms with Crippen molar-refractivity contribution in [2.75, 3.05) is 64.0 Å². The molecule has 2 aromatic carbocycles. The number of ether oxygens (including phenoxy) is 2. The standard InChI is InChI=1S/C32H36N8O3/c1-38(2)15-16-39(3)28-18-29(42-5)26(17-25(28)35-31(41)22-11-13-33-19-30(22)43-6)37-32-34-14-12-24(36-32)23-20-40(4)27-10-8-7-9-21(23)27/h7-14,17-20H,15-16H2,1-6H3,(H,35,41)(H,34,36,37). The van der Waals surface area contributed by atoms with E-state index < -0.39 is 0 Å². The molecule has 43 heavy (non-hydrogen) atoms. The minimum atomic E-state index is -0.327. The zero-order chi connectivity index (χ0) is 30.5. The fourth-order valence-electron chi connectivity index (χ4n) is 4.88. The molecule has 0 atom stereocenters. The summed E-state index contributed by atoms with van der Waals surface area (Å²) in [6.45, 7) is 1.54. The fourth-order valence-corrected chi connectivity index (χ4v) is 4.88. The van der Waals surface area contributed by atoms with Crippen LogP contribution in [0.2, 0.25) is 0 Å². The Morgan fingerprint density at radius 3 is 2.51 bits per heavy atom. The Hall–Kier alpha value is -5.16. The maximum Gasteiger partial charge on any atom is 0.259 e. The van der Waals surface area contributed by atoms with Crippen LogP contribution in [0.1, 0.15) is 10.4 Å². The molecule has 0 aliphatic heterocycles. The summed E-state index contributed by atoms with van der Waals surface area (Å²) in [5, 5.41) is 7.49. The van der Waals surface area contributed by atoms with Gasteiger partial charge in [0.2, 0.25) is 5.95 Å². The topological polar surface area (TPSA) is 110 Å². The summed E-state index contributed by atoms with van der Waals surface area (Å²) in [6.07, 6.45) is 6.86. The van der Waals surface area contributed by atoms with Crippen molar-refractivity contribution >= 4 is 39.8 Å². The van der Waals surface area contributed by atoms with Crippen LogP contribution in [0.25, 0.3) is 22.2 Å². The number of pyridine rings is 1. The number of aromatic nitrogens is 4. The van der Waals surface area contributed by atoms with E-state index in [0.29, 0.717) is 34.4 Å². The second-order valence-corrected chi connectivity index (χ2v) is 10.4. The predicted molar refractivity (Wildman–Crippen MR) is 171 cm³/mol. The van der Waals surface area contributed by atoms with Crippen molar-refractivity contribution in [3.05, 3.63) is 78.9 Å². The third-order valence-electron chi connectivity index (χ3n) is 7.18. The number of rotatable bonds is 11. The monoisotopic (exact) mass is 580 g/mol. The molecule has 222 valence electrons. The van der Waals surface area contributed by atoms with Crippen LogP contribution in [0.15, 0.2) is 73.3 Å². The summed E-state index contributed by atoms with van der Waals surface area (Å²) in [7, 11) is 11.2. The number of hydrogen-bond donors (Lipinski definition) is 2. The smallest absolute Gasteiger partial charge is 0.259 e. The molecule has 0 unspecified atom stereocenters. The van der Waals surface area contributed by atoms with Crippen LogP contribution in [-0.2, 0) is 7.05 Å². The minimum absolute atomic E-state index is 0.327. The molecule has 0 aliphatic rings. The van der Waals surface area contributed by atoms with E-state index in [9.17, 15) is 4.79 Å². The summed E-state index contributed by atoms with van der Waals surface area (Å²) >= 11 is 0. The lowest BCUT2D eigenvalue weighted by atomic mass is 10.1. The Balaban J connectivity index is 1.52. The van der Waals surface area contributed by atoms with Crippen LogP contribution < -0.4 is 25.0 Å². The molecule has 0 saturated heterocycles. The van der Waals surface area contributed by atoms with Gasteiger partial charge in [-0.1, -0.05) is 18.2 Å². The van der Waals surface area contributed by atoms with Gasteiger partial charge in [-0.05, 0) is 38.4 Å². The second kappa shape index (κ2) is 12.8. The molecule has 0 radical (unpaired) electrons. The highest BCUT2D eigenvalue weighted by Crippen LogP contribution is 2.38.